The molecule has 0 bridgehead atoms. The molecule has 0 radical (unpaired) electrons. The predicted molar refractivity (Wildman–Crippen MR) is 138 cm³/mol. The molecule has 0 saturated carbocycles. The van der Waals surface area contributed by atoms with Crippen LogP contribution in [0.2, 0.25) is 0 Å². The fourth-order valence-corrected chi connectivity index (χ4v) is 4.31. The van der Waals surface area contributed by atoms with Gasteiger partial charge in [0.05, 0.1) is 0 Å². The minimum atomic E-state index is 0. The van der Waals surface area contributed by atoms with Gasteiger partial charge in [0, 0.05) is 65.2 Å². The molecule has 7 heteroatoms. The van der Waals surface area contributed by atoms with Crippen LogP contribution in [0.5, 0.6) is 0 Å². The van der Waals surface area contributed by atoms with Gasteiger partial charge in [0.15, 0.2) is 5.96 Å². The van der Waals surface area contributed by atoms with Crippen LogP contribution >= 0.6 is 24.0 Å². The monoisotopic (exact) mass is 544 g/mol. The Morgan fingerprint density at radius 2 is 1.87 bits per heavy atom. The summed E-state index contributed by atoms with van der Waals surface area (Å²) in [6, 6.07) is 11.8. The molecule has 0 spiro atoms. The summed E-state index contributed by atoms with van der Waals surface area (Å²) in [5, 5.41) is 7.05. The third kappa shape index (κ3) is 9.24. The van der Waals surface area contributed by atoms with Crippen LogP contribution in [0.1, 0.15) is 50.6 Å². The van der Waals surface area contributed by atoms with Crippen molar-refractivity contribution < 1.29 is 9.47 Å². The van der Waals surface area contributed by atoms with Gasteiger partial charge in [-0.3, -0.25) is 9.89 Å². The lowest BCUT2D eigenvalue weighted by molar-refractivity contribution is 0.0203. The standard InChI is InChI=1S/C24H40N4O2.HI/c1-20(22-7-4-3-5-8-22)28-14-9-23(10-15-28)27-24(25-2)26-13-6-16-30-19-21-11-17-29-18-12-21;/h3-5,7-8,20-21,23H,6,9-19H2,1-2H3,(H2,25,26,27);1H. The number of benzene rings is 1. The Hall–Kier alpha value is -0.900. The van der Waals surface area contributed by atoms with Crippen molar-refractivity contribution in [2.24, 2.45) is 10.9 Å². The number of hydrogen-bond acceptors (Lipinski definition) is 4. The average Bonchev–Trinajstić information content (AvgIpc) is 2.81. The molecule has 0 aromatic heterocycles. The van der Waals surface area contributed by atoms with Crippen molar-refractivity contribution in [1.29, 1.82) is 0 Å². The number of guanidine groups is 1. The summed E-state index contributed by atoms with van der Waals surface area (Å²) in [4.78, 5) is 6.98. The van der Waals surface area contributed by atoms with E-state index in [4.69, 9.17) is 9.47 Å². The summed E-state index contributed by atoms with van der Waals surface area (Å²) in [5.74, 6) is 1.59. The zero-order valence-electron chi connectivity index (χ0n) is 19.2. The number of ether oxygens (including phenoxy) is 2. The SMILES string of the molecule is CN=C(NCCCOCC1CCOCC1)NC1CCN(C(C)c2ccccc2)CC1.I. The van der Waals surface area contributed by atoms with Crippen molar-refractivity contribution in [3.8, 4) is 0 Å². The summed E-state index contributed by atoms with van der Waals surface area (Å²) < 4.78 is 11.2. The van der Waals surface area contributed by atoms with Crippen LogP contribution in [0, 0.1) is 5.92 Å². The lowest BCUT2D eigenvalue weighted by Gasteiger charge is -2.37. The molecule has 2 aliphatic heterocycles. The van der Waals surface area contributed by atoms with E-state index in [1.165, 1.54) is 5.56 Å². The van der Waals surface area contributed by atoms with E-state index in [2.05, 4.69) is 57.8 Å². The second-order valence-corrected chi connectivity index (χ2v) is 8.52. The second kappa shape index (κ2) is 15.0. The molecule has 2 N–H and O–H groups in total. The predicted octanol–water partition coefficient (Wildman–Crippen LogP) is 3.83. The molecule has 0 aliphatic carbocycles. The molecular weight excluding hydrogens is 503 g/mol. The number of piperidine rings is 1. The normalized spacial score (nSPS) is 20.1. The zero-order valence-corrected chi connectivity index (χ0v) is 21.6. The van der Waals surface area contributed by atoms with Crippen molar-refractivity contribution in [2.45, 2.75) is 51.1 Å². The lowest BCUT2D eigenvalue weighted by atomic mass is 10.0. The summed E-state index contributed by atoms with van der Waals surface area (Å²) in [6.07, 6.45) is 5.56. The van der Waals surface area contributed by atoms with Crippen LogP contribution in [0.15, 0.2) is 35.3 Å². The van der Waals surface area contributed by atoms with Crippen molar-refractivity contribution in [3.05, 3.63) is 35.9 Å². The van der Waals surface area contributed by atoms with Crippen LogP contribution in [-0.2, 0) is 9.47 Å². The van der Waals surface area contributed by atoms with Gasteiger partial charge in [-0.2, -0.15) is 0 Å². The first-order valence-electron chi connectivity index (χ1n) is 11.7. The minimum absolute atomic E-state index is 0. The second-order valence-electron chi connectivity index (χ2n) is 8.52. The molecule has 2 aliphatic rings. The minimum Gasteiger partial charge on any atom is -0.381 e. The molecule has 176 valence electrons. The highest BCUT2D eigenvalue weighted by Crippen LogP contribution is 2.24. The van der Waals surface area contributed by atoms with Crippen LogP contribution in [0.25, 0.3) is 0 Å². The highest BCUT2D eigenvalue weighted by atomic mass is 127. The summed E-state index contributed by atoms with van der Waals surface area (Å²) in [5.41, 5.74) is 1.40. The average molecular weight is 545 g/mol. The Morgan fingerprint density at radius 1 is 1.16 bits per heavy atom. The molecular formula is C24H41IN4O2. The largest absolute Gasteiger partial charge is 0.381 e. The Labute approximate surface area is 205 Å². The third-order valence-electron chi connectivity index (χ3n) is 6.38. The first-order valence-corrected chi connectivity index (χ1v) is 11.7. The molecule has 2 saturated heterocycles. The number of aliphatic imine (C=N–C) groups is 1. The summed E-state index contributed by atoms with van der Waals surface area (Å²) >= 11 is 0. The molecule has 1 aromatic carbocycles. The number of nitrogens with one attached hydrogen (secondary N) is 2. The Balaban J connectivity index is 0.00000341. The molecule has 1 aromatic rings. The number of hydrogen-bond donors (Lipinski definition) is 2. The molecule has 31 heavy (non-hydrogen) atoms. The zero-order chi connectivity index (χ0) is 21.0. The van der Waals surface area contributed by atoms with E-state index in [1.807, 2.05) is 7.05 Å². The molecule has 1 atom stereocenters. The van der Waals surface area contributed by atoms with Crippen LogP contribution in [0.3, 0.4) is 0 Å². The Kier molecular flexibility index (Phi) is 12.8. The quantitative estimate of drug-likeness (QED) is 0.214. The molecule has 2 fully saturated rings. The summed E-state index contributed by atoms with van der Waals surface area (Å²) in [7, 11) is 1.85. The Bertz CT molecular complexity index is 617. The molecule has 0 amide bonds. The fraction of sp³-hybridized carbons (Fsp3) is 0.708. The number of rotatable bonds is 9. The van der Waals surface area contributed by atoms with Gasteiger partial charge in [-0.1, -0.05) is 30.3 Å². The van der Waals surface area contributed by atoms with Crippen molar-refractivity contribution >= 4 is 29.9 Å². The van der Waals surface area contributed by atoms with Gasteiger partial charge < -0.3 is 20.1 Å². The molecule has 3 rings (SSSR count). The first-order chi connectivity index (χ1) is 14.8. The van der Waals surface area contributed by atoms with E-state index in [9.17, 15) is 0 Å². The smallest absolute Gasteiger partial charge is 0.191 e. The maximum absolute atomic E-state index is 5.85. The van der Waals surface area contributed by atoms with E-state index >= 15 is 0 Å². The third-order valence-corrected chi connectivity index (χ3v) is 6.38. The maximum atomic E-state index is 5.85. The number of likely N-dealkylation sites (tertiary alicyclic amines) is 1. The maximum Gasteiger partial charge on any atom is 0.191 e. The molecule has 1 unspecified atom stereocenters. The van der Waals surface area contributed by atoms with E-state index in [0.717, 1.165) is 84.1 Å². The van der Waals surface area contributed by atoms with E-state index < -0.39 is 0 Å². The molecule has 2 heterocycles. The van der Waals surface area contributed by atoms with Crippen molar-refractivity contribution in [2.75, 3.05) is 53.1 Å². The van der Waals surface area contributed by atoms with Gasteiger partial charge in [0.1, 0.15) is 0 Å². The van der Waals surface area contributed by atoms with Gasteiger partial charge in [-0.15, -0.1) is 24.0 Å². The van der Waals surface area contributed by atoms with Crippen LogP contribution < -0.4 is 10.6 Å². The van der Waals surface area contributed by atoms with E-state index in [0.29, 0.717) is 18.0 Å². The van der Waals surface area contributed by atoms with E-state index in [-0.39, 0.29) is 24.0 Å². The van der Waals surface area contributed by atoms with Crippen molar-refractivity contribution in [3.63, 3.8) is 0 Å². The van der Waals surface area contributed by atoms with E-state index in [1.54, 1.807) is 0 Å². The van der Waals surface area contributed by atoms with Gasteiger partial charge in [0.25, 0.3) is 0 Å². The highest BCUT2D eigenvalue weighted by molar-refractivity contribution is 14.0. The van der Waals surface area contributed by atoms with Gasteiger partial charge >= 0.3 is 0 Å². The highest BCUT2D eigenvalue weighted by Gasteiger charge is 2.24. The van der Waals surface area contributed by atoms with Crippen LogP contribution in [0.4, 0.5) is 0 Å². The van der Waals surface area contributed by atoms with Gasteiger partial charge in [-0.25, -0.2) is 0 Å². The molecule has 6 nitrogen and oxygen atoms in total. The fourth-order valence-electron chi connectivity index (χ4n) is 4.31. The first kappa shape index (κ1) is 26.4. The Morgan fingerprint density at radius 3 is 2.55 bits per heavy atom. The number of halogens is 1. The topological polar surface area (TPSA) is 58.1 Å². The van der Waals surface area contributed by atoms with Crippen LogP contribution in [-0.4, -0.2) is 70.0 Å². The van der Waals surface area contributed by atoms with Gasteiger partial charge in [-0.05, 0) is 50.5 Å². The summed E-state index contributed by atoms with van der Waals surface area (Å²) in [6.45, 7) is 8.89. The van der Waals surface area contributed by atoms with Crippen molar-refractivity contribution in [1.82, 2.24) is 15.5 Å². The lowest BCUT2D eigenvalue weighted by Crippen LogP contribution is -2.49. The number of nitrogens with zero attached hydrogens (tertiary/aromatic N) is 2. The van der Waals surface area contributed by atoms with Gasteiger partial charge in [0.2, 0.25) is 0 Å².